The number of hydrogen-bond donors (Lipinski definition) is 0. The fourth-order valence-corrected chi connectivity index (χ4v) is 1.06. The van der Waals surface area contributed by atoms with Gasteiger partial charge in [0.15, 0.2) is 0 Å². The highest BCUT2D eigenvalue weighted by atomic mass is 35.5. The van der Waals surface area contributed by atoms with Crippen molar-refractivity contribution < 1.29 is 14.3 Å². The minimum absolute atomic E-state index is 0.0401. The molecule has 1 aromatic rings. The quantitative estimate of drug-likeness (QED) is 0.553. The van der Waals surface area contributed by atoms with Gasteiger partial charge in [-0.25, -0.2) is 0 Å². The van der Waals surface area contributed by atoms with E-state index in [1.807, 2.05) is 0 Å². The second-order valence-corrected chi connectivity index (χ2v) is 3.09. The first-order chi connectivity index (χ1) is 6.58. The molecule has 3 nitrogen and oxygen atoms in total. The highest BCUT2D eigenvalue weighted by molar-refractivity contribution is 6.30. The van der Waals surface area contributed by atoms with E-state index in [2.05, 4.69) is 11.7 Å². The number of benzene rings is 1. The summed E-state index contributed by atoms with van der Waals surface area (Å²) in [6.45, 7) is 2.93. The van der Waals surface area contributed by atoms with E-state index in [4.69, 9.17) is 11.6 Å². The molecule has 4 heteroatoms. The summed E-state index contributed by atoms with van der Waals surface area (Å²) in [6, 6.07) is 6.71. The van der Waals surface area contributed by atoms with Gasteiger partial charge < -0.3 is 4.74 Å². The van der Waals surface area contributed by atoms with E-state index in [1.54, 1.807) is 24.3 Å². The van der Waals surface area contributed by atoms with Crippen LogP contribution in [0.1, 0.15) is 5.56 Å². The first kappa shape index (κ1) is 10.7. The summed E-state index contributed by atoms with van der Waals surface area (Å²) in [6.07, 6.45) is 0.0401. The van der Waals surface area contributed by atoms with Gasteiger partial charge in [0.2, 0.25) is 0 Å². The summed E-state index contributed by atoms with van der Waals surface area (Å²) in [5.74, 6) is -1.46. The van der Waals surface area contributed by atoms with Crippen LogP contribution in [0.5, 0.6) is 0 Å². The summed E-state index contributed by atoms with van der Waals surface area (Å²) in [5.41, 5.74) is 0.737. The molecule has 0 aliphatic heterocycles. The van der Waals surface area contributed by atoms with Crippen molar-refractivity contribution in [2.75, 3.05) is 0 Å². The monoisotopic (exact) mass is 211 g/mol. The Morgan fingerprint density at radius 3 is 2.36 bits per heavy atom. The number of carbonyl (C=O) groups excluding carboxylic acids is 2. The lowest BCUT2D eigenvalue weighted by molar-refractivity contribution is -0.155. The van der Waals surface area contributed by atoms with Crippen molar-refractivity contribution in [3.8, 4) is 0 Å². The Kier molecular flexibility index (Phi) is 3.65. The van der Waals surface area contributed by atoms with Crippen molar-refractivity contribution in [2.45, 2.75) is 6.42 Å². The normalized spacial score (nSPS) is 9.57. The Bertz CT molecular complexity index is 343. The minimum Gasteiger partial charge on any atom is -0.393 e. The molecule has 0 saturated carbocycles. The predicted molar refractivity (Wildman–Crippen MR) is 51.6 cm³/mol. The van der Waals surface area contributed by atoms with Gasteiger partial charge in [-0.05, 0) is 17.7 Å². The molecule has 0 N–H and O–H groups in total. The van der Waals surface area contributed by atoms with Crippen LogP contribution in [0.25, 0.3) is 0 Å². The summed E-state index contributed by atoms with van der Waals surface area (Å²) >= 11 is 5.65. The Hall–Kier alpha value is -1.35. The summed E-state index contributed by atoms with van der Waals surface area (Å²) < 4.78 is 4.26. The third-order valence-electron chi connectivity index (χ3n) is 1.49. The molecule has 0 amide bonds. The lowest BCUT2D eigenvalue weighted by Gasteiger charge is -2.00. The van der Waals surface area contributed by atoms with Crippen molar-refractivity contribution in [2.24, 2.45) is 0 Å². The Morgan fingerprint density at radius 1 is 1.29 bits per heavy atom. The van der Waals surface area contributed by atoms with Gasteiger partial charge in [-0.2, -0.15) is 0 Å². The van der Waals surface area contributed by atoms with Crippen molar-refractivity contribution in [1.29, 1.82) is 0 Å². The number of halogens is 1. The number of rotatable bonds is 2. The topological polar surface area (TPSA) is 43.4 Å². The molecule has 0 aliphatic rings. The maximum atomic E-state index is 11.0. The Labute approximate surface area is 86.6 Å². The zero-order valence-electron chi connectivity index (χ0n) is 7.33. The van der Waals surface area contributed by atoms with Crippen LogP contribution in [0.3, 0.4) is 0 Å². The minimum atomic E-state index is -0.844. The second-order valence-electron chi connectivity index (χ2n) is 2.65. The molecule has 0 atom stereocenters. The van der Waals surface area contributed by atoms with Crippen LogP contribution in [0, 0.1) is 6.92 Å². The van der Waals surface area contributed by atoms with Gasteiger partial charge >= 0.3 is 11.9 Å². The van der Waals surface area contributed by atoms with Gasteiger partial charge in [-0.3, -0.25) is 9.59 Å². The van der Waals surface area contributed by atoms with Crippen molar-refractivity contribution in [3.05, 3.63) is 41.8 Å². The van der Waals surface area contributed by atoms with Crippen LogP contribution in [0.2, 0.25) is 5.02 Å². The Morgan fingerprint density at radius 2 is 1.86 bits per heavy atom. The van der Waals surface area contributed by atoms with E-state index < -0.39 is 11.9 Å². The van der Waals surface area contributed by atoms with Gasteiger partial charge in [0.25, 0.3) is 0 Å². The summed E-state index contributed by atoms with van der Waals surface area (Å²) in [4.78, 5) is 21.3. The smallest absolute Gasteiger partial charge is 0.317 e. The molecular formula is C10H8ClO3. The van der Waals surface area contributed by atoms with Gasteiger partial charge in [-0.15, -0.1) is 0 Å². The van der Waals surface area contributed by atoms with E-state index in [-0.39, 0.29) is 6.42 Å². The zero-order chi connectivity index (χ0) is 10.6. The molecule has 0 bridgehead atoms. The van der Waals surface area contributed by atoms with Crippen molar-refractivity contribution >= 4 is 23.5 Å². The molecule has 0 unspecified atom stereocenters. The lowest BCUT2D eigenvalue weighted by atomic mass is 10.2. The molecule has 14 heavy (non-hydrogen) atoms. The van der Waals surface area contributed by atoms with E-state index in [1.165, 1.54) is 0 Å². The van der Waals surface area contributed by atoms with Gasteiger partial charge in [0, 0.05) is 5.02 Å². The molecular weight excluding hydrogens is 204 g/mol. The van der Waals surface area contributed by atoms with Crippen LogP contribution in [-0.2, 0) is 20.7 Å². The summed E-state index contributed by atoms with van der Waals surface area (Å²) in [5, 5.41) is 0.593. The van der Waals surface area contributed by atoms with Crippen molar-refractivity contribution in [1.82, 2.24) is 0 Å². The number of hydrogen-bond acceptors (Lipinski definition) is 3. The SMILES string of the molecule is [CH2]C(=O)OC(=O)Cc1ccc(Cl)cc1. The lowest BCUT2D eigenvalue weighted by Crippen LogP contribution is -2.11. The first-order valence-corrected chi connectivity index (χ1v) is 4.27. The van der Waals surface area contributed by atoms with E-state index in [0.717, 1.165) is 5.56 Å². The van der Waals surface area contributed by atoms with Crippen LogP contribution in [0.4, 0.5) is 0 Å². The third-order valence-corrected chi connectivity index (χ3v) is 1.74. The molecule has 73 valence electrons. The van der Waals surface area contributed by atoms with E-state index in [9.17, 15) is 9.59 Å². The number of ether oxygens (including phenoxy) is 1. The molecule has 1 radical (unpaired) electrons. The molecule has 0 saturated heterocycles. The standard InChI is InChI=1S/C10H8ClO3/c1-7(12)14-10(13)6-8-2-4-9(11)5-3-8/h2-5H,1,6H2. The second kappa shape index (κ2) is 4.77. The van der Waals surface area contributed by atoms with Gasteiger partial charge in [0.05, 0.1) is 13.3 Å². The molecule has 0 spiro atoms. The zero-order valence-corrected chi connectivity index (χ0v) is 8.08. The number of carbonyl (C=O) groups is 2. The largest absolute Gasteiger partial charge is 0.393 e. The maximum absolute atomic E-state index is 11.0. The van der Waals surface area contributed by atoms with Gasteiger partial charge in [0.1, 0.15) is 0 Å². The summed E-state index contributed by atoms with van der Waals surface area (Å²) in [7, 11) is 0. The highest BCUT2D eigenvalue weighted by Gasteiger charge is 2.06. The van der Waals surface area contributed by atoms with Crippen molar-refractivity contribution in [3.63, 3.8) is 0 Å². The maximum Gasteiger partial charge on any atom is 0.317 e. The highest BCUT2D eigenvalue weighted by Crippen LogP contribution is 2.10. The third kappa shape index (κ3) is 3.58. The Balaban J connectivity index is 2.56. The number of esters is 2. The van der Waals surface area contributed by atoms with E-state index >= 15 is 0 Å². The fourth-order valence-electron chi connectivity index (χ4n) is 0.932. The van der Waals surface area contributed by atoms with Crippen LogP contribution < -0.4 is 0 Å². The van der Waals surface area contributed by atoms with Crippen LogP contribution in [-0.4, -0.2) is 11.9 Å². The molecule has 1 rings (SSSR count). The molecule has 0 aromatic heterocycles. The predicted octanol–water partition coefficient (Wildman–Crippen LogP) is 1.79. The first-order valence-electron chi connectivity index (χ1n) is 3.89. The molecule has 1 aromatic carbocycles. The van der Waals surface area contributed by atoms with Crippen LogP contribution >= 0.6 is 11.6 Å². The molecule has 0 fully saturated rings. The van der Waals surface area contributed by atoms with E-state index in [0.29, 0.717) is 5.02 Å². The molecule has 0 aliphatic carbocycles. The fraction of sp³-hybridized carbons (Fsp3) is 0.100. The average molecular weight is 212 g/mol. The molecule has 0 heterocycles. The van der Waals surface area contributed by atoms with Gasteiger partial charge in [-0.1, -0.05) is 23.7 Å². The average Bonchev–Trinajstić information content (AvgIpc) is 2.07. The van der Waals surface area contributed by atoms with Crippen LogP contribution in [0.15, 0.2) is 24.3 Å².